The number of hydrogen-bond acceptors (Lipinski definition) is 4. The van der Waals surface area contributed by atoms with Gasteiger partial charge in [0, 0.05) is 50.8 Å². The number of methoxy groups -OCH3 is 1. The van der Waals surface area contributed by atoms with E-state index in [1.807, 2.05) is 28.0 Å². The summed E-state index contributed by atoms with van der Waals surface area (Å²) in [5.41, 5.74) is 1.05. The molecule has 2 aromatic rings. The number of amides is 2. The minimum Gasteiger partial charge on any atom is -0.385 e. The average molecular weight is 332 g/mol. The molecule has 1 aliphatic heterocycles. The van der Waals surface area contributed by atoms with Gasteiger partial charge < -0.3 is 9.64 Å². The Labute approximate surface area is 141 Å². The molecule has 2 amide bonds. The van der Waals surface area contributed by atoms with Crippen LogP contribution in [0, 0.1) is 0 Å². The maximum absolute atomic E-state index is 12.7. The molecule has 0 aromatic carbocycles. The van der Waals surface area contributed by atoms with Crippen molar-refractivity contribution >= 4 is 11.8 Å². The highest BCUT2D eigenvalue weighted by Crippen LogP contribution is 2.30. The zero-order valence-electron chi connectivity index (χ0n) is 13.9. The highest BCUT2D eigenvalue weighted by atomic mass is 16.5. The van der Waals surface area contributed by atoms with Crippen LogP contribution in [0.3, 0.4) is 0 Å². The van der Waals surface area contributed by atoms with Gasteiger partial charge in [0.05, 0.1) is 12.2 Å². The largest absolute Gasteiger partial charge is 0.385 e. The van der Waals surface area contributed by atoms with Gasteiger partial charge in [-0.3, -0.25) is 15.1 Å². The fourth-order valence-corrected chi connectivity index (χ4v) is 3.07. The minimum atomic E-state index is -0.108. The van der Waals surface area contributed by atoms with E-state index in [-0.39, 0.29) is 12.1 Å². The minimum absolute atomic E-state index is 0.0706. The van der Waals surface area contributed by atoms with Crippen molar-refractivity contribution in [1.82, 2.24) is 24.9 Å². The zero-order chi connectivity index (χ0) is 16.8. The Bertz CT molecular complexity index is 639. The first-order chi connectivity index (χ1) is 11.8. The molecule has 0 bridgehead atoms. The summed E-state index contributed by atoms with van der Waals surface area (Å²) in [4.78, 5) is 14.5. The molecular formula is C16H24N6O2. The Kier molecular flexibility index (Phi) is 5.47. The summed E-state index contributed by atoms with van der Waals surface area (Å²) in [6.07, 6.45) is 9.51. The molecule has 3 rings (SSSR count). The van der Waals surface area contributed by atoms with E-state index in [9.17, 15) is 4.79 Å². The standard InChI is InChI=1S/C16H24N6O2/c1-24-10-4-7-21-9-6-15(20-21)19-16(23)22-8-3-2-5-14(22)13-11-17-18-12-13/h6,9,11-12,14H,2-5,7-8,10H2,1H3,(H,17,18)(H,19,20,23)/t14-/m1/s1. The monoisotopic (exact) mass is 332 g/mol. The third-order valence-electron chi connectivity index (χ3n) is 4.28. The van der Waals surface area contributed by atoms with Crippen LogP contribution in [0.25, 0.3) is 0 Å². The summed E-state index contributed by atoms with van der Waals surface area (Å²) in [6.45, 7) is 2.21. The number of carbonyl (C=O) groups excluding carboxylic acids is 1. The van der Waals surface area contributed by atoms with Gasteiger partial charge in [-0.2, -0.15) is 10.2 Å². The molecule has 2 aromatic heterocycles. The molecule has 8 nitrogen and oxygen atoms in total. The summed E-state index contributed by atoms with van der Waals surface area (Å²) >= 11 is 0. The third kappa shape index (κ3) is 3.94. The topological polar surface area (TPSA) is 88.1 Å². The lowest BCUT2D eigenvalue weighted by Crippen LogP contribution is -2.41. The fraction of sp³-hybridized carbons (Fsp3) is 0.562. The van der Waals surface area contributed by atoms with Crippen molar-refractivity contribution in [3.05, 3.63) is 30.2 Å². The van der Waals surface area contributed by atoms with Crippen LogP contribution in [0.15, 0.2) is 24.7 Å². The number of urea groups is 1. The first-order valence-electron chi connectivity index (χ1n) is 8.36. The van der Waals surface area contributed by atoms with Crippen molar-refractivity contribution in [1.29, 1.82) is 0 Å². The van der Waals surface area contributed by atoms with Crippen molar-refractivity contribution in [3.8, 4) is 0 Å². The van der Waals surface area contributed by atoms with Gasteiger partial charge in [0.15, 0.2) is 5.82 Å². The van der Waals surface area contributed by atoms with E-state index < -0.39 is 0 Å². The van der Waals surface area contributed by atoms with Gasteiger partial charge >= 0.3 is 6.03 Å². The number of aromatic amines is 1. The van der Waals surface area contributed by atoms with E-state index in [4.69, 9.17) is 4.74 Å². The molecule has 1 atom stereocenters. The lowest BCUT2D eigenvalue weighted by Gasteiger charge is -2.35. The molecule has 0 saturated carbocycles. The molecule has 0 radical (unpaired) electrons. The quantitative estimate of drug-likeness (QED) is 0.795. The number of nitrogens with one attached hydrogen (secondary N) is 2. The number of carbonyl (C=O) groups is 1. The number of H-pyrrole nitrogens is 1. The smallest absolute Gasteiger partial charge is 0.323 e. The van der Waals surface area contributed by atoms with Crippen LogP contribution in [0.5, 0.6) is 0 Å². The van der Waals surface area contributed by atoms with Gasteiger partial charge in [0.25, 0.3) is 0 Å². The molecule has 0 aliphatic carbocycles. The Hall–Kier alpha value is -2.35. The summed E-state index contributed by atoms with van der Waals surface area (Å²) in [5.74, 6) is 0.578. The number of piperidine rings is 1. The van der Waals surface area contributed by atoms with E-state index in [1.165, 1.54) is 0 Å². The molecule has 0 spiro atoms. The second kappa shape index (κ2) is 7.96. The maximum atomic E-state index is 12.7. The Morgan fingerprint density at radius 3 is 3.21 bits per heavy atom. The predicted octanol–water partition coefficient (Wildman–Crippen LogP) is 2.40. The number of aromatic nitrogens is 4. The van der Waals surface area contributed by atoms with Gasteiger partial charge in [-0.15, -0.1) is 0 Å². The highest BCUT2D eigenvalue weighted by molar-refractivity contribution is 5.88. The van der Waals surface area contributed by atoms with E-state index in [2.05, 4.69) is 20.6 Å². The molecule has 130 valence electrons. The molecule has 1 aliphatic rings. The molecule has 1 saturated heterocycles. The second-order valence-electron chi connectivity index (χ2n) is 5.98. The van der Waals surface area contributed by atoms with Gasteiger partial charge in [-0.05, 0) is 25.7 Å². The van der Waals surface area contributed by atoms with Crippen molar-refractivity contribution < 1.29 is 9.53 Å². The predicted molar refractivity (Wildman–Crippen MR) is 89.6 cm³/mol. The normalized spacial score (nSPS) is 17.9. The Balaban J connectivity index is 1.61. The van der Waals surface area contributed by atoms with Crippen LogP contribution >= 0.6 is 0 Å². The number of hydrogen-bond donors (Lipinski definition) is 2. The van der Waals surface area contributed by atoms with E-state index in [1.54, 1.807) is 13.3 Å². The Morgan fingerprint density at radius 1 is 1.50 bits per heavy atom. The summed E-state index contributed by atoms with van der Waals surface area (Å²) < 4.78 is 6.85. The number of anilines is 1. The average Bonchev–Trinajstić information content (AvgIpc) is 3.27. The van der Waals surface area contributed by atoms with E-state index in [0.29, 0.717) is 12.4 Å². The highest BCUT2D eigenvalue weighted by Gasteiger charge is 2.28. The van der Waals surface area contributed by atoms with Crippen molar-refractivity contribution in [2.45, 2.75) is 38.3 Å². The number of rotatable bonds is 6. The summed E-state index contributed by atoms with van der Waals surface area (Å²) in [5, 5.41) is 14.1. The van der Waals surface area contributed by atoms with Crippen LogP contribution in [0.1, 0.15) is 37.3 Å². The van der Waals surface area contributed by atoms with Gasteiger partial charge in [0.1, 0.15) is 0 Å². The lowest BCUT2D eigenvalue weighted by molar-refractivity contribution is 0.163. The van der Waals surface area contributed by atoms with Crippen LogP contribution in [-0.2, 0) is 11.3 Å². The van der Waals surface area contributed by atoms with Crippen molar-refractivity contribution in [3.63, 3.8) is 0 Å². The molecule has 2 N–H and O–H groups in total. The maximum Gasteiger partial charge on any atom is 0.323 e. The Morgan fingerprint density at radius 2 is 2.42 bits per heavy atom. The first kappa shape index (κ1) is 16.5. The van der Waals surface area contributed by atoms with Gasteiger partial charge in [-0.1, -0.05) is 0 Å². The van der Waals surface area contributed by atoms with E-state index >= 15 is 0 Å². The molecule has 8 heteroatoms. The van der Waals surface area contributed by atoms with Crippen molar-refractivity contribution in [2.75, 3.05) is 25.6 Å². The number of likely N-dealkylation sites (tertiary alicyclic amines) is 1. The van der Waals surface area contributed by atoms with E-state index in [0.717, 1.165) is 44.3 Å². The molecular weight excluding hydrogens is 308 g/mol. The summed E-state index contributed by atoms with van der Waals surface area (Å²) in [6, 6.07) is 1.78. The molecule has 1 fully saturated rings. The summed E-state index contributed by atoms with van der Waals surface area (Å²) in [7, 11) is 1.68. The molecule has 24 heavy (non-hydrogen) atoms. The molecule has 0 unspecified atom stereocenters. The number of aryl methyl sites for hydroxylation is 1. The van der Waals surface area contributed by atoms with Gasteiger partial charge in [0.2, 0.25) is 0 Å². The SMILES string of the molecule is COCCCn1ccc(NC(=O)N2CCCC[C@@H]2c2cn[nH]c2)n1. The first-order valence-corrected chi connectivity index (χ1v) is 8.36. The number of ether oxygens (including phenoxy) is 1. The van der Waals surface area contributed by atoms with Gasteiger partial charge in [-0.25, -0.2) is 4.79 Å². The molecule has 3 heterocycles. The van der Waals surface area contributed by atoms with Crippen molar-refractivity contribution in [2.24, 2.45) is 0 Å². The van der Waals surface area contributed by atoms with Crippen LogP contribution in [0.4, 0.5) is 10.6 Å². The van der Waals surface area contributed by atoms with Crippen LogP contribution < -0.4 is 5.32 Å². The fourth-order valence-electron chi connectivity index (χ4n) is 3.07. The number of nitrogens with zero attached hydrogens (tertiary/aromatic N) is 4. The lowest BCUT2D eigenvalue weighted by atomic mass is 9.98. The zero-order valence-corrected chi connectivity index (χ0v) is 13.9. The third-order valence-corrected chi connectivity index (χ3v) is 4.28. The van der Waals surface area contributed by atoms with Crippen LogP contribution in [0.2, 0.25) is 0 Å². The second-order valence-corrected chi connectivity index (χ2v) is 5.98. The van der Waals surface area contributed by atoms with Crippen LogP contribution in [-0.4, -0.2) is 51.2 Å².